The lowest BCUT2D eigenvalue weighted by atomic mass is 10.00. The first kappa shape index (κ1) is 9.04. The van der Waals surface area contributed by atoms with Gasteiger partial charge in [0.1, 0.15) is 0 Å². The molecule has 74 valence electrons. The van der Waals surface area contributed by atoms with Crippen molar-refractivity contribution in [2.75, 3.05) is 13.1 Å². The highest BCUT2D eigenvalue weighted by molar-refractivity contribution is 5.76. The van der Waals surface area contributed by atoms with Gasteiger partial charge >= 0.3 is 0 Å². The maximum Gasteiger partial charge on any atom is 0.222 e. The van der Waals surface area contributed by atoms with Gasteiger partial charge in [0, 0.05) is 19.5 Å². The van der Waals surface area contributed by atoms with E-state index in [1.54, 1.807) is 0 Å². The van der Waals surface area contributed by atoms with Crippen LogP contribution in [-0.4, -0.2) is 23.9 Å². The van der Waals surface area contributed by atoms with Crippen LogP contribution in [0.25, 0.3) is 0 Å². The number of hydrogen-bond acceptors (Lipinski definition) is 1. The largest absolute Gasteiger partial charge is 0.342 e. The highest BCUT2D eigenvalue weighted by atomic mass is 16.2. The van der Waals surface area contributed by atoms with Crippen LogP contribution in [0.15, 0.2) is 0 Å². The Bertz CT molecular complexity index is 198. The summed E-state index contributed by atoms with van der Waals surface area (Å²) in [5.74, 6) is 1.87. The van der Waals surface area contributed by atoms with Crippen LogP contribution in [0.1, 0.15) is 39.0 Å². The lowest BCUT2D eigenvalue weighted by molar-refractivity contribution is -0.133. The molecule has 0 bridgehead atoms. The lowest BCUT2D eigenvalue weighted by Gasteiger charge is -2.31. The van der Waals surface area contributed by atoms with Gasteiger partial charge in [0.2, 0.25) is 5.91 Å². The molecule has 13 heavy (non-hydrogen) atoms. The van der Waals surface area contributed by atoms with Crippen LogP contribution < -0.4 is 0 Å². The van der Waals surface area contributed by atoms with Crippen LogP contribution in [0.2, 0.25) is 0 Å². The Balaban J connectivity index is 1.80. The fourth-order valence-electron chi connectivity index (χ4n) is 2.11. The molecule has 0 aromatic rings. The van der Waals surface area contributed by atoms with Gasteiger partial charge in [0.05, 0.1) is 0 Å². The molecule has 0 aromatic heterocycles. The van der Waals surface area contributed by atoms with E-state index in [-0.39, 0.29) is 0 Å². The standard InChI is InChI=1S/C11H19NO/c1-9-3-2-6-12(8-9)11(13)7-10-4-5-10/h9-10H,2-8H2,1H3/t9-/m1/s1. The number of amides is 1. The molecule has 0 aromatic carbocycles. The van der Waals surface area contributed by atoms with Gasteiger partial charge in [-0.05, 0) is 37.5 Å². The highest BCUT2D eigenvalue weighted by Gasteiger charge is 2.28. The zero-order valence-electron chi connectivity index (χ0n) is 8.46. The average molecular weight is 181 g/mol. The van der Waals surface area contributed by atoms with Crippen molar-refractivity contribution in [3.63, 3.8) is 0 Å². The summed E-state index contributed by atoms with van der Waals surface area (Å²) < 4.78 is 0. The van der Waals surface area contributed by atoms with Crippen LogP contribution in [0, 0.1) is 11.8 Å². The van der Waals surface area contributed by atoms with E-state index >= 15 is 0 Å². The Labute approximate surface area is 80.3 Å². The van der Waals surface area contributed by atoms with Crippen molar-refractivity contribution in [1.82, 2.24) is 4.90 Å². The van der Waals surface area contributed by atoms with Crippen LogP contribution in [0.5, 0.6) is 0 Å². The number of carbonyl (C=O) groups is 1. The van der Waals surface area contributed by atoms with Gasteiger partial charge in [-0.15, -0.1) is 0 Å². The van der Waals surface area contributed by atoms with Gasteiger partial charge in [-0.2, -0.15) is 0 Å². The Morgan fingerprint density at radius 2 is 2.15 bits per heavy atom. The summed E-state index contributed by atoms with van der Waals surface area (Å²) in [6.07, 6.45) is 5.90. The SMILES string of the molecule is C[C@@H]1CCCN(C(=O)CC2CC2)C1. The summed E-state index contributed by atoms with van der Waals surface area (Å²) in [7, 11) is 0. The molecule has 2 heteroatoms. The van der Waals surface area contributed by atoms with Crippen LogP contribution >= 0.6 is 0 Å². The molecule has 2 nitrogen and oxygen atoms in total. The maximum atomic E-state index is 11.7. The molecule has 2 fully saturated rings. The molecule has 2 aliphatic rings. The third kappa shape index (κ3) is 2.45. The molecule has 1 heterocycles. The summed E-state index contributed by atoms with van der Waals surface area (Å²) in [5.41, 5.74) is 0. The van der Waals surface area contributed by atoms with Crippen molar-refractivity contribution in [3.8, 4) is 0 Å². The van der Waals surface area contributed by atoms with Gasteiger partial charge in [0.25, 0.3) is 0 Å². The third-order valence-corrected chi connectivity index (χ3v) is 3.17. The van der Waals surface area contributed by atoms with E-state index in [2.05, 4.69) is 11.8 Å². The van der Waals surface area contributed by atoms with Gasteiger partial charge < -0.3 is 4.90 Å². The topological polar surface area (TPSA) is 20.3 Å². The summed E-state index contributed by atoms with van der Waals surface area (Å²) >= 11 is 0. The molecule has 1 aliphatic heterocycles. The maximum absolute atomic E-state index is 11.7. The molecule has 0 N–H and O–H groups in total. The van der Waals surface area contributed by atoms with E-state index in [9.17, 15) is 4.79 Å². The zero-order chi connectivity index (χ0) is 9.26. The molecule has 1 saturated carbocycles. The predicted octanol–water partition coefficient (Wildman–Crippen LogP) is 2.04. The first-order valence-corrected chi connectivity index (χ1v) is 5.53. The summed E-state index contributed by atoms with van der Waals surface area (Å²) in [4.78, 5) is 13.8. The molecule has 0 spiro atoms. The third-order valence-electron chi connectivity index (χ3n) is 3.17. The Morgan fingerprint density at radius 1 is 1.38 bits per heavy atom. The zero-order valence-corrected chi connectivity index (χ0v) is 8.46. The van der Waals surface area contributed by atoms with Crippen molar-refractivity contribution >= 4 is 5.91 Å². The van der Waals surface area contributed by atoms with Gasteiger partial charge in [-0.3, -0.25) is 4.79 Å². The van der Waals surface area contributed by atoms with Crippen LogP contribution in [-0.2, 0) is 4.79 Å². The highest BCUT2D eigenvalue weighted by Crippen LogP contribution is 2.33. The Morgan fingerprint density at radius 3 is 2.77 bits per heavy atom. The predicted molar refractivity (Wildman–Crippen MR) is 52.3 cm³/mol. The molecule has 1 aliphatic carbocycles. The van der Waals surface area contributed by atoms with E-state index in [4.69, 9.17) is 0 Å². The minimum atomic E-state index is 0.411. The van der Waals surface area contributed by atoms with E-state index in [0.717, 1.165) is 31.3 Å². The Kier molecular flexibility index (Phi) is 2.56. The molecular formula is C11H19NO. The van der Waals surface area contributed by atoms with Gasteiger partial charge in [-0.25, -0.2) is 0 Å². The first-order valence-electron chi connectivity index (χ1n) is 5.53. The van der Waals surface area contributed by atoms with Gasteiger partial charge in [0.15, 0.2) is 0 Å². The molecule has 0 unspecified atom stereocenters. The number of likely N-dealkylation sites (tertiary alicyclic amines) is 1. The minimum absolute atomic E-state index is 0.411. The molecule has 0 radical (unpaired) electrons. The van der Waals surface area contributed by atoms with Crippen LogP contribution in [0.4, 0.5) is 0 Å². The molecule has 1 saturated heterocycles. The van der Waals surface area contributed by atoms with E-state index < -0.39 is 0 Å². The number of carbonyl (C=O) groups excluding carboxylic acids is 1. The fourth-order valence-corrected chi connectivity index (χ4v) is 2.11. The second kappa shape index (κ2) is 3.69. The van der Waals surface area contributed by atoms with Crippen molar-refractivity contribution in [2.45, 2.75) is 39.0 Å². The smallest absolute Gasteiger partial charge is 0.222 e. The van der Waals surface area contributed by atoms with Crippen molar-refractivity contribution in [2.24, 2.45) is 11.8 Å². The van der Waals surface area contributed by atoms with Gasteiger partial charge in [-0.1, -0.05) is 6.92 Å². The molecular weight excluding hydrogens is 162 g/mol. The number of hydrogen-bond donors (Lipinski definition) is 0. The number of rotatable bonds is 2. The normalized spacial score (nSPS) is 29.0. The minimum Gasteiger partial charge on any atom is -0.342 e. The van der Waals surface area contributed by atoms with E-state index in [0.29, 0.717) is 5.91 Å². The van der Waals surface area contributed by atoms with E-state index in [1.807, 2.05) is 0 Å². The van der Waals surface area contributed by atoms with Crippen molar-refractivity contribution < 1.29 is 4.79 Å². The van der Waals surface area contributed by atoms with Crippen LogP contribution in [0.3, 0.4) is 0 Å². The summed E-state index contributed by atoms with van der Waals surface area (Å²) in [6, 6.07) is 0. The Hall–Kier alpha value is -0.530. The van der Waals surface area contributed by atoms with Crippen molar-refractivity contribution in [3.05, 3.63) is 0 Å². The molecule has 1 atom stereocenters. The summed E-state index contributed by atoms with van der Waals surface area (Å²) in [5, 5.41) is 0. The lowest BCUT2D eigenvalue weighted by Crippen LogP contribution is -2.39. The quantitative estimate of drug-likeness (QED) is 0.638. The van der Waals surface area contributed by atoms with E-state index in [1.165, 1.54) is 25.7 Å². The average Bonchev–Trinajstić information content (AvgIpc) is 2.88. The molecule has 2 rings (SSSR count). The first-order chi connectivity index (χ1) is 6.25. The summed E-state index contributed by atoms with van der Waals surface area (Å²) in [6.45, 7) is 4.26. The van der Waals surface area contributed by atoms with Crippen molar-refractivity contribution in [1.29, 1.82) is 0 Å². The fraction of sp³-hybridized carbons (Fsp3) is 0.909. The second-order valence-corrected chi connectivity index (χ2v) is 4.73. The monoisotopic (exact) mass is 181 g/mol. The molecule has 1 amide bonds. The number of piperidine rings is 1. The number of nitrogens with zero attached hydrogens (tertiary/aromatic N) is 1. The second-order valence-electron chi connectivity index (χ2n) is 4.73.